The predicted octanol–water partition coefficient (Wildman–Crippen LogP) is 3.21. The molecular formula is C11H16ClN3. The molecule has 0 radical (unpaired) electrons. The van der Waals surface area contributed by atoms with Gasteiger partial charge in [-0.05, 0) is 38.8 Å². The SMILES string of the molecule is CC(C)=CCCNc1nc(Cl)ncc1C. The van der Waals surface area contributed by atoms with E-state index in [1.165, 1.54) is 5.57 Å². The highest BCUT2D eigenvalue weighted by Crippen LogP contribution is 2.12. The lowest BCUT2D eigenvalue weighted by Gasteiger charge is -2.06. The van der Waals surface area contributed by atoms with E-state index in [4.69, 9.17) is 11.6 Å². The lowest BCUT2D eigenvalue weighted by atomic mass is 10.2. The van der Waals surface area contributed by atoms with Gasteiger partial charge in [0.1, 0.15) is 5.82 Å². The Bertz CT molecular complexity index is 357. The van der Waals surface area contributed by atoms with Crippen molar-refractivity contribution in [3.63, 3.8) is 0 Å². The topological polar surface area (TPSA) is 37.8 Å². The number of aromatic nitrogens is 2. The zero-order valence-corrected chi connectivity index (χ0v) is 10.1. The van der Waals surface area contributed by atoms with Crippen molar-refractivity contribution >= 4 is 17.4 Å². The summed E-state index contributed by atoms with van der Waals surface area (Å²) in [6, 6.07) is 0. The molecule has 0 saturated heterocycles. The molecule has 82 valence electrons. The molecule has 0 aromatic carbocycles. The molecule has 1 aromatic rings. The summed E-state index contributed by atoms with van der Waals surface area (Å²) in [7, 11) is 0. The third kappa shape index (κ3) is 4.30. The first-order valence-corrected chi connectivity index (χ1v) is 5.34. The van der Waals surface area contributed by atoms with E-state index in [2.05, 4.69) is 35.2 Å². The van der Waals surface area contributed by atoms with Gasteiger partial charge in [-0.1, -0.05) is 11.6 Å². The minimum absolute atomic E-state index is 0.283. The summed E-state index contributed by atoms with van der Waals surface area (Å²) < 4.78 is 0. The second kappa shape index (κ2) is 5.71. The van der Waals surface area contributed by atoms with Gasteiger partial charge in [-0.3, -0.25) is 0 Å². The molecule has 4 heteroatoms. The molecule has 0 bridgehead atoms. The molecule has 1 rings (SSSR count). The quantitative estimate of drug-likeness (QED) is 0.486. The van der Waals surface area contributed by atoms with Crippen LogP contribution in [0.2, 0.25) is 5.28 Å². The van der Waals surface area contributed by atoms with Gasteiger partial charge in [0, 0.05) is 18.3 Å². The standard InChI is InChI=1S/C11H16ClN3/c1-8(2)5-4-6-13-10-9(3)7-14-11(12)15-10/h5,7H,4,6H2,1-3H3,(H,13,14,15). The van der Waals surface area contributed by atoms with Gasteiger partial charge >= 0.3 is 0 Å². The van der Waals surface area contributed by atoms with Gasteiger partial charge in [-0.25, -0.2) is 9.97 Å². The molecule has 0 fully saturated rings. The molecule has 0 aliphatic rings. The summed E-state index contributed by atoms with van der Waals surface area (Å²) in [6.07, 6.45) is 4.90. The Kier molecular flexibility index (Phi) is 4.56. The van der Waals surface area contributed by atoms with Crippen molar-refractivity contribution in [1.29, 1.82) is 0 Å². The average Bonchev–Trinajstić information content (AvgIpc) is 2.17. The van der Waals surface area contributed by atoms with Crippen molar-refractivity contribution in [2.45, 2.75) is 27.2 Å². The average molecular weight is 226 g/mol. The number of nitrogens with one attached hydrogen (secondary N) is 1. The number of allylic oxidation sites excluding steroid dienone is 1. The summed E-state index contributed by atoms with van der Waals surface area (Å²) in [5.74, 6) is 0.817. The van der Waals surface area contributed by atoms with Gasteiger partial charge in [-0.2, -0.15) is 0 Å². The van der Waals surface area contributed by atoms with Gasteiger partial charge in [0.2, 0.25) is 5.28 Å². The fraction of sp³-hybridized carbons (Fsp3) is 0.455. The normalized spacial score (nSPS) is 9.87. The van der Waals surface area contributed by atoms with Gasteiger partial charge in [-0.15, -0.1) is 0 Å². The first-order chi connectivity index (χ1) is 7.09. The summed E-state index contributed by atoms with van der Waals surface area (Å²) in [4.78, 5) is 8.01. The molecule has 0 atom stereocenters. The molecule has 0 aliphatic carbocycles. The van der Waals surface area contributed by atoms with Crippen molar-refractivity contribution < 1.29 is 0 Å². The highest BCUT2D eigenvalue weighted by atomic mass is 35.5. The monoisotopic (exact) mass is 225 g/mol. The Morgan fingerprint density at radius 1 is 1.53 bits per heavy atom. The molecule has 0 unspecified atom stereocenters. The first kappa shape index (κ1) is 12.0. The van der Waals surface area contributed by atoms with Crippen LogP contribution in [0.1, 0.15) is 25.8 Å². The van der Waals surface area contributed by atoms with E-state index < -0.39 is 0 Å². The van der Waals surface area contributed by atoms with Crippen molar-refractivity contribution in [2.24, 2.45) is 0 Å². The smallest absolute Gasteiger partial charge is 0.224 e. The Morgan fingerprint density at radius 2 is 2.27 bits per heavy atom. The summed E-state index contributed by atoms with van der Waals surface area (Å²) in [5, 5.41) is 3.51. The fourth-order valence-corrected chi connectivity index (χ4v) is 1.28. The molecule has 0 amide bonds. The lowest BCUT2D eigenvalue weighted by molar-refractivity contribution is 1.01. The molecule has 0 aliphatic heterocycles. The van der Waals surface area contributed by atoms with Crippen molar-refractivity contribution in [2.75, 3.05) is 11.9 Å². The number of aryl methyl sites for hydroxylation is 1. The van der Waals surface area contributed by atoms with Gasteiger partial charge < -0.3 is 5.32 Å². The minimum atomic E-state index is 0.283. The number of rotatable bonds is 4. The number of anilines is 1. The number of hydrogen-bond acceptors (Lipinski definition) is 3. The van der Waals surface area contributed by atoms with Crippen LogP contribution in [-0.4, -0.2) is 16.5 Å². The minimum Gasteiger partial charge on any atom is -0.369 e. The van der Waals surface area contributed by atoms with Crippen molar-refractivity contribution in [3.05, 3.63) is 28.7 Å². The van der Waals surface area contributed by atoms with E-state index in [0.29, 0.717) is 0 Å². The van der Waals surface area contributed by atoms with E-state index in [1.807, 2.05) is 6.92 Å². The Balaban J connectivity index is 2.50. The fourth-order valence-electron chi connectivity index (χ4n) is 1.15. The van der Waals surface area contributed by atoms with Crippen LogP contribution in [0.3, 0.4) is 0 Å². The third-order valence-electron chi connectivity index (χ3n) is 1.93. The molecular weight excluding hydrogens is 210 g/mol. The zero-order valence-electron chi connectivity index (χ0n) is 9.34. The zero-order chi connectivity index (χ0) is 11.3. The van der Waals surface area contributed by atoms with Crippen LogP contribution in [0.15, 0.2) is 17.8 Å². The van der Waals surface area contributed by atoms with E-state index in [0.717, 1.165) is 24.3 Å². The molecule has 0 saturated carbocycles. The second-order valence-corrected chi connectivity index (χ2v) is 4.01. The van der Waals surface area contributed by atoms with E-state index in [1.54, 1.807) is 6.20 Å². The molecule has 15 heavy (non-hydrogen) atoms. The summed E-state index contributed by atoms with van der Waals surface area (Å²) >= 11 is 5.71. The van der Waals surface area contributed by atoms with E-state index >= 15 is 0 Å². The Morgan fingerprint density at radius 3 is 2.93 bits per heavy atom. The van der Waals surface area contributed by atoms with Crippen molar-refractivity contribution in [3.8, 4) is 0 Å². The van der Waals surface area contributed by atoms with E-state index in [9.17, 15) is 0 Å². The maximum absolute atomic E-state index is 5.71. The maximum Gasteiger partial charge on any atom is 0.224 e. The van der Waals surface area contributed by atoms with E-state index in [-0.39, 0.29) is 5.28 Å². The van der Waals surface area contributed by atoms with Crippen LogP contribution >= 0.6 is 11.6 Å². The van der Waals surface area contributed by atoms with Gasteiger partial charge in [0.15, 0.2) is 0 Å². The summed E-state index contributed by atoms with van der Waals surface area (Å²) in [6.45, 7) is 7.00. The van der Waals surface area contributed by atoms with Crippen LogP contribution in [0, 0.1) is 6.92 Å². The third-order valence-corrected chi connectivity index (χ3v) is 2.11. The number of hydrogen-bond donors (Lipinski definition) is 1. The van der Waals surface area contributed by atoms with Crippen LogP contribution in [0.5, 0.6) is 0 Å². The predicted molar refractivity (Wildman–Crippen MR) is 64.3 cm³/mol. The number of halogens is 1. The maximum atomic E-state index is 5.71. The highest BCUT2D eigenvalue weighted by molar-refractivity contribution is 6.28. The molecule has 0 spiro atoms. The number of nitrogens with zero attached hydrogens (tertiary/aromatic N) is 2. The van der Waals surface area contributed by atoms with Gasteiger partial charge in [0.25, 0.3) is 0 Å². The molecule has 3 nitrogen and oxygen atoms in total. The molecule has 1 aromatic heterocycles. The van der Waals surface area contributed by atoms with Crippen LogP contribution in [0.4, 0.5) is 5.82 Å². The first-order valence-electron chi connectivity index (χ1n) is 4.96. The largest absolute Gasteiger partial charge is 0.369 e. The van der Waals surface area contributed by atoms with Gasteiger partial charge in [0.05, 0.1) is 0 Å². The highest BCUT2D eigenvalue weighted by Gasteiger charge is 2.00. The van der Waals surface area contributed by atoms with Crippen LogP contribution in [0.25, 0.3) is 0 Å². The lowest BCUT2D eigenvalue weighted by Crippen LogP contribution is -2.05. The second-order valence-electron chi connectivity index (χ2n) is 3.67. The van der Waals surface area contributed by atoms with Crippen molar-refractivity contribution in [1.82, 2.24) is 9.97 Å². The Hall–Kier alpha value is -1.09. The molecule has 1 N–H and O–H groups in total. The summed E-state index contributed by atoms with van der Waals surface area (Å²) in [5.41, 5.74) is 2.34. The molecule has 1 heterocycles. The van der Waals surface area contributed by atoms with Crippen LogP contribution in [-0.2, 0) is 0 Å². The van der Waals surface area contributed by atoms with Crippen LogP contribution < -0.4 is 5.32 Å². The Labute approximate surface area is 95.6 Å².